The van der Waals surface area contributed by atoms with Crippen molar-refractivity contribution in [1.82, 2.24) is 9.71 Å². The summed E-state index contributed by atoms with van der Waals surface area (Å²) in [5.41, 5.74) is 5.93. The number of hydrogen-bond acceptors (Lipinski definition) is 5. The molecule has 0 atom stereocenters. The molecule has 0 aliphatic rings. The Morgan fingerprint density at radius 1 is 1.47 bits per heavy atom. The molecule has 0 aromatic carbocycles. The zero-order valence-electron chi connectivity index (χ0n) is 10.4. The van der Waals surface area contributed by atoms with Gasteiger partial charge in [0.15, 0.2) is 5.49 Å². The van der Waals surface area contributed by atoms with Crippen LogP contribution in [0, 0.1) is 0 Å². The summed E-state index contributed by atoms with van der Waals surface area (Å²) in [6.45, 7) is 5.30. The van der Waals surface area contributed by atoms with Crippen molar-refractivity contribution in [2.45, 2.75) is 33.1 Å². The van der Waals surface area contributed by atoms with Crippen molar-refractivity contribution in [3.05, 3.63) is 11.6 Å². The smallest absolute Gasteiger partial charge is 0.239 e. The largest absolute Gasteiger partial charge is 0.477 e. The summed E-state index contributed by atoms with van der Waals surface area (Å²) in [4.78, 5) is 8.11. The lowest BCUT2D eigenvalue weighted by atomic mass is 10.4. The lowest BCUT2D eigenvalue weighted by Crippen LogP contribution is -2.24. The molecule has 96 valence electrons. The van der Waals surface area contributed by atoms with Crippen molar-refractivity contribution in [3.63, 3.8) is 0 Å². The maximum Gasteiger partial charge on any atom is 0.239 e. The van der Waals surface area contributed by atoms with Gasteiger partial charge in [-0.2, -0.15) is 4.98 Å². The number of nitrogens with two attached hydrogens (primary N) is 1. The Hall–Kier alpha value is -1.72. The molecule has 1 heterocycles. The highest BCUT2D eigenvalue weighted by Crippen LogP contribution is 2.05. The SMILES string of the molecule is CCCCOc1cc(=NCCC)n(O)c(N)n1. The van der Waals surface area contributed by atoms with E-state index in [-0.39, 0.29) is 5.95 Å². The molecule has 0 bridgehead atoms. The summed E-state index contributed by atoms with van der Waals surface area (Å²) in [7, 11) is 0. The van der Waals surface area contributed by atoms with Gasteiger partial charge < -0.3 is 15.7 Å². The molecule has 0 radical (unpaired) electrons. The molecule has 1 aromatic rings. The van der Waals surface area contributed by atoms with Crippen LogP contribution in [0.25, 0.3) is 0 Å². The number of aromatic nitrogens is 2. The van der Waals surface area contributed by atoms with Gasteiger partial charge in [-0.3, -0.25) is 4.99 Å². The van der Waals surface area contributed by atoms with Gasteiger partial charge in [-0.05, 0) is 12.8 Å². The Morgan fingerprint density at radius 2 is 2.24 bits per heavy atom. The molecular formula is C11H20N4O2. The van der Waals surface area contributed by atoms with Gasteiger partial charge in [0.25, 0.3) is 0 Å². The Morgan fingerprint density at radius 3 is 2.88 bits per heavy atom. The van der Waals surface area contributed by atoms with Gasteiger partial charge in [0.2, 0.25) is 11.8 Å². The first-order valence-corrected chi connectivity index (χ1v) is 5.91. The van der Waals surface area contributed by atoms with E-state index in [4.69, 9.17) is 10.5 Å². The molecule has 0 aliphatic carbocycles. The van der Waals surface area contributed by atoms with Crippen LogP contribution in [-0.2, 0) is 0 Å². The maximum atomic E-state index is 9.60. The van der Waals surface area contributed by atoms with Gasteiger partial charge in [0.05, 0.1) is 6.61 Å². The number of anilines is 1. The van der Waals surface area contributed by atoms with Gasteiger partial charge in [-0.25, -0.2) is 0 Å². The summed E-state index contributed by atoms with van der Waals surface area (Å²) in [6.07, 6.45) is 2.90. The zero-order chi connectivity index (χ0) is 12.7. The molecule has 6 nitrogen and oxygen atoms in total. The van der Waals surface area contributed by atoms with E-state index in [0.29, 0.717) is 24.5 Å². The normalized spacial score (nSPS) is 11.8. The van der Waals surface area contributed by atoms with Gasteiger partial charge in [0.1, 0.15) is 0 Å². The van der Waals surface area contributed by atoms with Crippen LogP contribution in [-0.4, -0.2) is 28.1 Å². The Labute approximate surface area is 101 Å². The first kappa shape index (κ1) is 13.3. The van der Waals surface area contributed by atoms with Crippen LogP contribution < -0.4 is 16.0 Å². The zero-order valence-corrected chi connectivity index (χ0v) is 10.4. The van der Waals surface area contributed by atoms with Crippen molar-refractivity contribution < 1.29 is 9.94 Å². The van der Waals surface area contributed by atoms with Crippen molar-refractivity contribution in [1.29, 1.82) is 0 Å². The lowest BCUT2D eigenvalue weighted by Gasteiger charge is -2.07. The van der Waals surface area contributed by atoms with Gasteiger partial charge in [-0.15, -0.1) is 4.73 Å². The third kappa shape index (κ3) is 3.97. The van der Waals surface area contributed by atoms with Crippen molar-refractivity contribution in [3.8, 4) is 5.88 Å². The van der Waals surface area contributed by atoms with Crippen LogP contribution >= 0.6 is 0 Å². The number of ether oxygens (including phenoxy) is 1. The van der Waals surface area contributed by atoms with E-state index < -0.39 is 0 Å². The van der Waals surface area contributed by atoms with Crippen molar-refractivity contribution >= 4 is 5.95 Å². The minimum Gasteiger partial charge on any atom is -0.477 e. The van der Waals surface area contributed by atoms with Gasteiger partial charge in [-0.1, -0.05) is 20.3 Å². The number of nitrogen functional groups attached to an aromatic ring is 1. The topological polar surface area (TPSA) is 85.7 Å². The number of rotatable bonds is 6. The molecule has 0 fully saturated rings. The van der Waals surface area contributed by atoms with E-state index in [1.807, 2.05) is 6.92 Å². The fraction of sp³-hybridized carbons (Fsp3) is 0.636. The van der Waals surface area contributed by atoms with Crippen LogP contribution in [0.5, 0.6) is 5.88 Å². The highest BCUT2D eigenvalue weighted by molar-refractivity contribution is 5.21. The second-order valence-electron chi connectivity index (χ2n) is 3.71. The van der Waals surface area contributed by atoms with E-state index in [9.17, 15) is 5.21 Å². The van der Waals surface area contributed by atoms with Crippen LogP contribution in [0.15, 0.2) is 11.1 Å². The summed E-state index contributed by atoms with van der Waals surface area (Å²) in [5.74, 6) is 0.380. The quantitative estimate of drug-likeness (QED) is 0.577. The average molecular weight is 240 g/mol. The predicted octanol–water partition coefficient (Wildman–Crippen LogP) is 1.19. The fourth-order valence-electron chi connectivity index (χ4n) is 1.22. The molecule has 0 spiro atoms. The summed E-state index contributed by atoms with van der Waals surface area (Å²) in [5, 5.41) is 9.60. The molecular weight excluding hydrogens is 220 g/mol. The Kier molecular flexibility index (Phi) is 5.32. The van der Waals surface area contributed by atoms with E-state index >= 15 is 0 Å². The Bertz CT molecular complexity index is 414. The molecule has 17 heavy (non-hydrogen) atoms. The lowest BCUT2D eigenvalue weighted by molar-refractivity contribution is 0.171. The van der Waals surface area contributed by atoms with Crippen molar-refractivity contribution in [2.24, 2.45) is 4.99 Å². The molecule has 0 aliphatic heterocycles. The van der Waals surface area contributed by atoms with Gasteiger partial charge >= 0.3 is 0 Å². The third-order valence-electron chi connectivity index (χ3n) is 2.16. The minimum atomic E-state index is -0.0196. The van der Waals surface area contributed by atoms with Crippen LogP contribution in [0.1, 0.15) is 33.1 Å². The van der Waals surface area contributed by atoms with E-state index in [2.05, 4.69) is 16.9 Å². The monoisotopic (exact) mass is 240 g/mol. The first-order chi connectivity index (χ1) is 8.19. The van der Waals surface area contributed by atoms with Crippen LogP contribution in [0.2, 0.25) is 0 Å². The standard InChI is InChI=1S/C11H20N4O2/c1-3-5-7-17-10-8-9(13-6-4-2)15(16)11(12)14-10/h8,16H,3-7H2,1-2H3,(H2,12,14). The van der Waals surface area contributed by atoms with E-state index in [0.717, 1.165) is 24.0 Å². The Balaban J connectivity index is 2.90. The molecule has 0 amide bonds. The fourth-order valence-corrected chi connectivity index (χ4v) is 1.22. The van der Waals surface area contributed by atoms with E-state index in [1.54, 1.807) is 6.07 Å². The van der Waals surface area contributed by atoms with Crippen molar-refractivity contribution in [2.75, 3.05) is 18.9 Å². The molecule has 0 saturated heterocycles. The highest BCUT2D eigenvalue weighted by atomic mass is 16.5. The highest BCUT2D eigenvalue weighted by Gasteiger charge is 2.03. The number of nitrogens with zero attached hydrogens (tertiary/aromatic N) is 3. The number of hydrogen-bond donors (Lipinski definition) is 2. The third-order valence-corrected chi connectivity index (χ3v) is 2.16. The molecule has 1 rings (SSSR count). The van der Waals surface area contributed by atoms with Gasteiger partial charge in [0, 0.05) is 12.6 Å². The molecule has 0 saturated carbocycles. The predicted molar refractivity (Wildman–Crippen MR) is 64.9 cm³/mol. The van der Waals surface area contributed by atoms with Crippen LogP contribution in [0.3, 0.4) is 0 Å². The molecule has 6 heteroatoms. The molecule has 3 N–H and O–H groups in total. The molecule has 1 aromatic heterocycles. The maximum absolute atomic E-state index is 9.60. The minimum absolute atomic E-state index is 0.0196. The molecule has 0 unspecified atom stereocenters. The first-order valence-electron chi connectivity index (χ1n) is 5.91. The summed E-state index contributed by atoms with van der Waals surface area (Å²) < 4.78 is 6.19. The second kappa shape index (κ2) is 6.78. The average Bonchev–Trinajstić information content (AvgIpc) is 2.32. The second-order valence-corrected chi connectivity index (χ2v) is 3.71. The number of unbranched alkanes of at least 4 members (excludes halogenated alkanes) is 1. The van der Waals surface area contributed by atoms with Crippen LogP contribution in [0.4, 0.5) is 5.95 Å². The van der Waals surface area contributed by atoms with E-state index in [1.165, 1.54) is 0 Å². The summed E-state index contributed by atoms with van der Waals surface area (Å²) in [6, 6.07) is 1.58. The summed E-state index contributed by atoms with van der Waals surface area (Å²) >= 11 is 0.